The SMILES string of the molecule is CCC(=O)N1CCCN(C(=O)c2ncn[nH]2)CC1. The lowest BCUT2D eigenvalue weighted by molar-refractivity contribution is -0.130. The van der Waals surface area contributed by atoms with Gasteiger partial charge in [-0.15, -0.1) is 0 Å². The van der Waals surface area contributed by atoms with Crippen LogP contribution in [0.1, 0.15) is 30.4 Å². The Morgan fingerprint density at radius 2 is 2.00 bits per heavy atom. The number of aromatic amines is 1. The number of hydrogen-bond donors (Lipinski definition) is 1. The maximum atomic E-state index is 12.0. The third-order valence-corrected chi connectivity index (χ3v) is 3.06. The van der Waals surface area contributed by atoms with Gasteiger partial charge in [-0.25, -0.2) is 4.98 Å². The Hall–Kier alpha value is -1.92. The first-order valence-electron chi connectivity index (χ1n) is 6.14. The summed E-state index contributed by atoms with van der Waals surface area (Å²) < 4.78 is 0. The third-order valence-electron chi connectivity index (χ3n) is 3.06. The van der Waals surface area contributed by atoms with Gasteiger partial charge in [-0.05, 0) is 6.42 Å². The van der Waals surface area contributed by atoms with Gasteiger partial charge in [0.1, 0.15) is 6.33 Å². The number of rotatable bonds is 2. The minimum atomic E-state index is -0.154. The Labute approximate surface area is 105 Å². The molecule has 0 aromatic carbocycles. The molecule has 0 spiro atoms. The quantitative estimate of drug-likeness (QED) is 0.795. The molecule has 1 aliphatic heterocycles. The minimum Gasteiger partial charge on any atom is -0.341 e. The standard InChI is InChI=1S/C11H17N5O2/c1-2-9(17)15-4-3-5-16(7-6-15)11(18)10-12-8-13-14-10/h8H,2-7H2,1H3,(H,12,13,14). The van der Waals surface area contributed by atoms with E-state index in [2.05, 4.69) is 15.2 Å². The van der Waals surface area contributed by atoms with Crippen molar-refractivity contribution in [1.29, 1.82) is 0 Å². The van der Waals surface area contributed by atoms with Gasteiger partial charge in [-0.3, -0.25) is 14.7 Å². The predicted molar refractivity (Wildman–Crippen MR) is 63.8 cm³/mol. The fraction of sp³-hybridized carbons (Fsp3) is 0.636. The molecule has 1 aromatic heterocycles. The molecular weight excluding hydrogens is 234 g/mol. The van der Waals surface area contributed by atoms with Crippen molar-refractivity contribution in [3.63, 3.8) is 0 Å². The van der Waals surface area contributed by atoms with E-state index in [1.165, 1.54) is 6.33 Å². The molecule has 98 valence electrons. The van der Waals surface area contributed by atoms with Crippen molar-refractivity contribution in [1.82, 2.24) is 25.0 Å². The van der Waals surface area contributed by atoms with Crippen LogP contribution < -0.4 is 0 Å². The van der Waals surface area contributed by atoms with Crippen LogP contribution >= 0.6 is 0 Å². The predicted octanol–water partition coefficient (Wildman–Crippen LogP) is -0.111. The smallest absolute Gasteiger partial charge is 0.291 e. The highest BCUT2D eigenvalue weighted by molar-refractivity contribution is 5.90. The zero-order valence-electron chi connectivity index (χ0n) is 10.4. The van der Waals surface area contributed by atoms with Crippen LogP contribution in [-0.4, -0.2) is 63.0 Å². The second kappa shape index (κ2) is 5.61. The monoisotopic (exact) mass is 251 g/mol. The molecule has 0 atom stereocenters. The van der Waals surface area contributed by atoms with Crippen LogP contribution in [0.5, 0.6) is 0 Å². The van der Waals surface area contributed by atoms with Crippen molar-refractivity contribution in [2.24, 2.45) is 0 Å². The molecule has 0 unspecified atom stereocenters. The van der Waals surface area contributed by atoms with Gasteiger partial charge in [-0.1, -0.05) is 6.92 Å². The Bertz CT molecular complexity index is 417. The van der Waals surface area contributed by atoms with Gasteiger partial charge in [0.2, 0.25) is 11.7 Å². The van der Waals surface area contributed by atoms with E-state index < -0.39 is 0 Å². The van der Waals surface area contributed by atoms with E-state index >= 15 is 0 Å². The summed E-state index contributed by atoms with van der Waals surface area (Å²) in [6.45, 7) is 4.35. The number of amides is 2. The van der Waals surface area contributed by atoms with Crippen LogP contribution in [0.25, 0.3) is 0 Å². The highest BCUT2D eigenvalue weighted by Gasteiger charge is 2.23. The number of carbonyl (C=O) groups excluding carboxylic acids is 2. The number of hydrogen-bond acceptors (Lipinski definition) is 4. The summed E-state index contributed by atoms with van der Waals surface area (Å²) in [5, 5.41) is 6.24. The minimum absolute atomic E-state index is 0.143. The van der Waals surface area contributed by atoms with Crippen LogP contribution in [-0.2, 0) is 4.79 Å². The molecule has 1 aliphatic rings. The number of nitrogens with zero attached hydrogens (tertiary/aromatic N) is 4. The molecule has 0 bridgehead atoms. The van der Waals surface area contributed by atoms with E-state index in [-0.39, 0.29) is 17.6 Å². The normalized spacial score (nSPS) is 16.5. The molecular formula is C11H17N5O2. The lowest BCUT2D eigenvalue weighted by atomic mass is 10.3. The number of aromatic nitrogens is 3. The van der Waals surface area contributed by atoms with Crippen LogP contribution in [0, 0.1) is 0 Å². The van der Waals surface area contributed by atoms with Gasteiger partial charge in [0.25, 0.3) is 5.91 Å². The Kier molecular flexibility index (Phi) is 3.91. The molecule has 1 saturated heterocycles. The highest BCUT2D eigenvalue weighted by atomic mass is 16.2. The summed E-state index contributed by atoms with van der Waals surface area (Å²) in [5.74, 6) is 0.243. The van der Waals surface area contributed by atoms with Gasteiger partial charge in [-0.2, -0.15) is 5.10 Å². The largest absolute Gasteiger partial charge is 0.341 e. The molecule has 7 nitrogen and oxygen atoms in total. The lowest BCUT2D eigenvalue weighted by Crippen LogP contribution is -2.37. The summed E-state index contributed by atoms with van der Waals surface area (Å²) in [5.41, 5.74) is 0. The summed E-state index contributed by atoms with van der Waals surface area (Å²) >= 11 is 0. The molecule has 2 rings (SSSR count). The number of carbonyl (C=O) groups is 2. The summed E-state index contributed by atoms with van der Waals surface area (Å²) in [6, 6.07) is 0. The van der Waals surface area contributed by atoms with Crippen LogP contribution in [0.3, 0.4) is 0 Å². The van der Waals surface area contributed by atoms with Crippen molar-refractivity contribution < 1.29 is 9.59 Å². The van der Waals surface area contributed by atoms with Crippen LogP contribution in [0.2, 0.25) is 0 Å². The Balaban J connectivity index is 1.97. The van der Waals surface area contributed by atoms with E-state index in [0.29, 0.717) is 32.6 Å². The van der Waals surface area contributed by atoms with E-state index in [9.17, 15) is 9.59 Å². The van der Waals surface area contributed by atoms with Crippen molar-refractivity contribution in [3.8, 4) is 0 Å². The van der Waals surface area contributed by atoms with Crippen molar-refractivity contribution in [2.75, 3.05) is 26.2 Å². The zero-order chi connectivity index (χ0) is 13.0. The van der Waals surface area contributed by atoms with Crippen molar-refractivity contribution >= 4 is 11.8 Å². The van der Waals surface area contributed by atoms with Gasteiger partial charge in [0, 0.05) is 32.6 Å². The first-order valence-corrected chi connectivity index (χ1v) is 6.14. The lowest BCUT2D eigenvalue weighted by Gasteiger charge is -2.21. The Morgan fingerprint density at radius 1 is 1.28 bits per heavy atom. The average Bonchev–Trinajstić information content (AvgIpc) is 2.81. The molecule has 0 aliphatic carbocycles. The summed E-state index contributed by atoms with van der Waals surface area (Å²) in [7, 11) is 0. The molecule has 1 aromatic rings. The second-order valence-electron chi connectivity index (χ2n) is 4.21. The van der Waals surface area contributed by atoms with Gasteiger partial charge >= 0.3 is 0 Å². The van der Waals surface area contributed by atoms with Crippen molar-refractivity contribution in [3.05, 3.63) is 12.2 Å². The fourth-order valence-corrected chi connectivity index (χ4v) is 2.05. The number of H-pyrrole nitrogens is 1. The fourth-order valence-electron chi connectivity index (χ4n) is 2.05. The maximum Gasteiger partial charge on any atom is 0.291 e. The van der Waals surface area contributed by atoms with Gasteiger partial charge < -0.3 is 9.80 Å². The summed E-state index contributed by atoms with van der Waals surface area (Å²) in [4.78, 5) is 31.0. The topological polar surface area (TPSA) is 82.2 Å². The maximum absolute atomic E-state index is 12.0. The highest BCUT2D eigenvalue weighted by Crippen LogP contribution is 2.07. The molecule has 2 heterocycles. The average molecular weight is 251 g/mol. The van der Waals surface area contributed by atoms with Crippen LogP contribution in [0.15, 0.2) is 6.33 Å². The van der Waals surface area contributed by atoms with E-state index in [1.54, 1.807) is 4.90 Å². The summed E-state index contributed by atoms with van der Waals surface area (Å²) in [6.07, 6.45) is 2.62. The third kappa shape index (κ3) is 2.66. The molecule has 18 heavy (non-hydrogen) atoms. The van der Waals surface area contributed by atoms with E-state index in [4.69, 9.17) is 0 Å². The van der Waals surface area contributed by atoms with Crippen LogP contribution in [0.4, 0.5) is 0 Å². The van der Waals surface area contributed by atoms with Gasteiger partial charge in [0.15, 0.2) is 0 Å². The molecule has 0 radical (unpaired) electrons. The molecule has 1 fully saturated rings. The Morgan fingerprint density at radius 3 is 2.67 bits per heavy atom. The molecule has 7 heteroatoms. The molecule has 1 N–H and O–H groups in total. The van der Waals surface area contributed by atoms with E-state index in [1.807, 2.05) is 11.8 Å². The first-order chi connectivity index (χ1) is 8.72. The van der Waals surface area contributed by atoms with E-state index in [0.717, 1.165) is 6.42 Å². The zero-order valence-corrected chi connectivity index (χ0v) is 10.4. The van der Waals surface area contributed by atoms with Gasteiger partial charge in [0.05, 0.1) is 0 Å². The number of nitrogens with one attached hydrogen (secondary N) is 1. The molecule has 2 amide bonds. The molecule has 0 saturated carbocycles. The van der Waals surface area contributed by atoms with Crippen molar-refractivity contribution in [2.45, 2.75) is 19.8 Å². The first kappa shape index (κ1) is 12.5. The second-order valence-corrected chi connectivity index (χ2v) is 4.21.